The van der Waals surface area contributed by atoms with Crippen LogP contribution in [0, 0.1) is 11.6 Å². The van der Waals surface area contributed by atoms with Crippen LogP contribution >= 0.6 is 0 Å². The lowest BCUT2D eigenvalue weighted by Crippen LogP contribution is -2.26. The second-order valence-corrected chi connectivity index (χ2v) is 5.65. The molecule has 1 heterocycles. The molecule has 1 saturated heterocycles. The molecule has 0 spiro atoms. The van der Waals surface area contributed by atoms with Gasteiger partial charge < -0.3 is 15.4 Å². The zero-order valence-electron chi connectivity index (χ0n) is 13.2. The molecule has 0 bridgehead atoms. The Kier molecular flexibility index (Phi) is 5.04. The monoisotopic (exact) mass is 346 g/mol. The van der Waals surface area contributed by atoms with Crippen molar-refractivity contribution in [2.24, 2.45) is 0 Å². The van der Waals surface area contributed by atoms with Crippen LogP contribution in [0.2, 0.25) is 0 Å². The largest absolute Gasteiger partial charge is 0.368 e. The van der Waals surface area contributed by atoms with E-state index in [-0.39, 0.29) is 11.5 Å². The minimum atomic E-state index is -1.08. The van der Waals surface area contributed by atoms with Gasteiger partial charge in [-0.2, -0.15) is 0 Å². The maximum absolute atomic E-state index is 13.2. The first-order valence-corrected chi connectivity index (χ1v) is 7.82. The molecule has 1 aliphatic rings. The van der Waals surface area contributed by atoms with E-state index in [0.717, 1.165) is 18.6 Å². The quantitative estimate of drug-likeness (QED) is 0.892. The van der Waals surface area contributed by atoms with Crippen LogP contribution in [-0.2, 0) is 9.53 Å². The molecule has 1 aliphatic heterocycles. The van der Waals surface area contributed by atoms with E-state index in [4.69, 9.17) is 4.74 Å². The average molecular weight is 346 g/mol. The SMILES string of the molecule is O=C(Nc1ccc(NC(=O)[C@@H]2CCCO2)cc1)c1ccc(F)c(F)c1. The summed E-state index contributed by atoms with van der Waals surface area (Å²) in [6.45, 7) is 0.590. The predicted molar refractivity (Wildman–Crippen MR) is 88.4 cm³/mol. The minimum Gasteiger partial charge on any atom is -0.368 e. The molecule has 1 atom stereocenters. The van der Waals surface area contributed by atoms with Crippen LogP contribution in [0.3, 0.4) is 0 Å². The summed E-state index contributed by atoms with van der Waals surface area (Å²) in [5.74, 6) is -2.85. The third kappa shape index (κ3) is 4.19. The molecule has 0 aliphatic carbocycles. The van der Waals surface area contributed by atoms with Crippen LogP contribution in [0.5, 0.6) is 0 Å². The van der Waals surface area contributed by atoms with Crippen molar-refractivity contribution >= 4 is 23.2 Å². The first-order chi connectivity index (χ1) is 12.0. The summed E-state index contributed by atoms with van der Waals surface area (Å²) in [7, 11) is 0. The molecule has 0 radical (unpaired) electrons. The molecule has 7 heteroatoms. The number of carbonyl (C=O) groups is 2. The summed E-state index contributed by atoms with van der Waals surface area (Å²) in [4.78, 5) is 24.0. The Labute approximate surface area is 143 Å². The molecule has 0 saturated carbocycles. The smallest absolute Gasteiger partial charge is 0.255 e. The Morgan fingerprint density at radius 2 is 1.64 bits per heavy atom. The number of nitrogens with one attached hydrogen (secondary N) is 2. The van der Waals surface area contributed by atoms with Crippen molar-refractivity contribution < 1.29 is 23.1 Å². The van der Waals surface area contributed by atoms with Gasteiger partial charge in [0.25, 0.3) is 11.8 Å². The van der Waals surface area contributed by atoms with Crippen molar-refractivity contribution in [1.29, 1.82) is 0 Å². The number of carbonyl (C=O) groups excluding carboxylic acids is 2. The number of ether oxygens (including phenoxy) is 1. The lowest BCUT2D eigenvalue weighted by Gasteiger charge is -2.11. The number of benzene rings is 2. The second kappa shape index (κ2) is 7.40. The molecule has 0 unspecified atom stereocenters. The maximum Gasteiger partial charge on any atom is 0.255 e. The van der Waals surface area contributed by atoms with Gasteiger partial charge in [0.15, 0.2) is 11.6 Å². The number of anilines is 2. The van der Waals surface area contributed by atoms with Gasteiger partial charge >= 0.3 is 0 Å². The first kappa shape index (κ1) is 17.0. The summed E-state index contributed by atoms with van der Waals surface area (Å²) in [6, 6.07) is 9.39. The Hall–Kier alpha value is -2.80. The van der Waals surface area contributed by atoms with E-state index in [1.54, 1.807) is 24.3 Å². The van der Waals surface area contributed by atoms with Gasteiger partial charge in [-0.3, -0.25) is 9.59 Å². The van der Waals surface area contributed by atoms with E-state index in [9.17, 15) is 18.4 Å². The highest BCUT2D eigenvalue weighted by Crippen LogP contribution is 2.18. The normalized spacial score (nSPS) is 16.5. The van der Waals surface area contributed by atoms with Crippen molar-refractivity contribution in [1.82, 2.24) is 0 Å². The van der Waals surface area contributed by atoms with E-state index in [0.29, 0.717) is 24.4 Å². The molecule has 0 aromatic heterocycles. The van der Waals surface area contributed by atoms with Crippen LogP contribution < -0.4 is 10.6 Å². The zero-order valence-corrected chi connectivity index (χ0v) is 13.2. The van der Waals surface area contributed by atoms with Crippen LogP contribution in [-0.4, -0.2) is 24.5 Å². The van der Waals surface area contributed by atoms with Gasteiger partial charge in [-0.05, 0) is 55.3 Å². The first-order valence-electron chi connectivity index (χ1n) is 7.82. The van der Waals surface area contributed by atoms with Gasteiger partial charge in [-0.1, -0.05) is 0 Å². The third-order valence-corrected chi connectivity index (χ3v) is 3.81. The summed E-state index contributed by atoms with van der Waals surface area (Å²) < 4.78 is 31.4. The number of rotatable bonds is 4. The second-order valence-electron chi connectivity index (χ2n) is 5.65. The Balaban J connectivity index is 1.61. The lowest BCUT2D eigenvalue weighted by molar-refractivity contribution is -0.124. The molecule has 5 nitrogen and oxygen atoms in total. The number of hydrogen-bond donors (Lipinski definition) is 2. The molecule has 2 aromatic rings. The fourth-order valence-corrected chi connectivity index (χ4v) is 2.48. The lowest BCUT2D eigenvalue weighted by atomic mass is 10.2. The van der Waals surface area contributed by atoms with Crippen LogP contribution in [0.25, 0.3) is 0 Å². The number of halogens is 2. The fraction of sp³-hybridized carbons (Fsp3) is 0.222. The molecular weight excluding hydrogens is 330 g/mol. The van der Waals surface area contributed by atoms with Crippen molar-refractivity contribution in [3.05, 3.63) is 59.7 Å². The van der Waals surface area contributed by atoms with Gasteiger partial charge in [0, 0.05) is 23.5 Å². The maximum atomic E-state index is 13.2. The topological polar surface area (TPSA) is 67.4 Å². The van der Waals surface area contributed by atoms with Gasteiger partial charge in [0.1, 0.15) is 6.10 Å². The van der Waals surface area contributed by atoms with Gasteiger partial charge in [0.05, 0.1) is 0 Å². The highest BCUT2D eigenvalue weighted by Gasteiger charge is 2.23. The Morgan fingerprint density at radius 1 is 0.960 bits per heavy atom. The molecule has 2 N–H and O–H groups in total. The molecule has 25 heavy (non-hydrogen) atoms. The zero-order chi connectivity index (χ0) is 17.8. The van der Waals surface area contributed by atoms with Crippen molar-refractivity contribution in [3.63, 3.8) is 0 Å². The highest BCUT2D eigenvalue weighted by molar-refractivity contribution is 6.04. The third-order valence-electron chi connectivity index (χ3n) is 3.81. The Bertz CT molecular complexity index is 787. The summed E-state index contributed by atoms with van der Waals surface area (Å²) in [6.07, 6.45) is 1.15. The van der Waals surface area contributed by atoms with E-state index >= 15 is 0 Å². The van der Waals surface area contributed by atoms with Crippen molar-refractivity contribution in [2.45, 2.75) is 18.9 Å². The van der Waals surface area contributed by atoms with Crippen LogP contribution in [0.4, 0.5) is 20.2 Å². The fourth-order valence-electron chi connectivity index (χ4n) is 2.48. The van der Waals surface area contributed by atoms with E-state index < -0.39 is 23.6 Å². The van der Waals surface area contributed by atoms with Crippen molar-refractivity contribution in [3.8, 4) is 0 Å². The molecule has 1 fully saturated rings. The summed E-state index contributed by atoms with van der Waals surface area (Å²) in [5, 5.41) is 5.32. The molecule has 130 valence electrons. The summed E-state index contributed by atoms with van der Waals surface area (Å²) in [5.41, 5.74) is 1.05. The Morgan fingerprint density at radius 3 is 2.24 bits per heavy atom. The molecular formula is C18H16F2N2O3. The van der Waals surface area contributed by atoms with E-state index in [2.05, 4.69) is 10.6 Å². The van der Waals surface area contributed by atoms with Crippen LogP contribution in [0.1, 0.15) is 23.2 Å². The number of amides is 2. The molecule has 2 aromatic carbocycles. The number of hydrogen-bond acceptors (Lipinski definition) is 3. The van der Waals surface area contributed by atoms with E-state index in [1.165, 1.54) is 6.07 Å². The average Bonchev–Trinajstić information content (AvgIpc) is 3.14. The standard InChI is InChI=1S/C18H16F2N2O3/c19-14-8-3-11(10-15(14)20)17(23)21-12-4-6-13(7-5-12)22-18(24)16-2-1-9-25-16/h3-8,10,16H,1-2,9H2,(H,21,23)(H,22,24)/t16-/m0/s1. The molecule has 3 rings (SSSR count). The van der Waals surface area contributed by atoms with Crippen LogP contribution in [0.15, 0.2) is 42.5 Å². The molecule has 2 amide bonds. The van der Waals surface area contributed by atoms with Gasteiger partial charge in [-0.25, -0.2) is 8.78 Å². The highest BCUT2D eigenvalue weighted by atomic mass is 19.2. The van der Waals surface area contributed by atoms with Crippen molar-refractivity contribution in [2.75, 3.05) is 17.2 Å². The summed E-state index contributed by atoms with van der Waals surface area (Å²) >= 11 is 0. The minimum absolute atomic E-state index is 0.00895. The predicted octanol–water partition coefficient (Wildman–Crippen LogP) is 3.33. The van der Waals surface area contributed by atoms with E-state index in [1.807, 2.05) is 0 Å². The van der Waals surface area contributed by atoms with Gasteiger partial charge in [-0.15, -0.1) is 0 Å². The van der Waals surface area contributed by atoms with Gasteiger partial charge in [0.2, 0.25) is 0 Å².